The number of allylic oxidation sites excluding steroid dienone is 1. The Balaban J connectivity index is 4.22. The molecule has 11 heavy (non-hydrogen) atoms. The Hall–Kier alpha value is -0.890. The lowest BCUT2D eigenvalue weighted by Crippen LogP contribution is -2.01. The summed E-state index contributed by atoms with van der Waals surface area (Å²) in [6.07, 6.45) is 5.80. The fraction of sp³-hybridized carbons (Fsp3) is 0.444. The summed E-state index contributed by atoms with van der Waals surface area (Å²) in [6, 6.07) is 0. The minimum atomic E-state index is -0.423. The van der Waals surface area contributed by atoms with Gasteiger partial charge in [0.2, 0.25) is 0 Å². The number of aliphatic hydroxyl groups excluding tert-OH is 1. The van der Waals surface area contributed by atoms with Crippen molar-refractivity contribution in [2.45, 2.75) is 26.4 Å². The van der Waals surface area contributed by atoms with Crippen LogP contribution in [0.15, 0.2) is 28.9 Å². The van der Waals surface area contributed by atoms with Crippen LogP contribution in [0.2, 0.25) is 0 Å². The van der Waals surface area contributed by atoms with Crippen LogP contribution < -0.4 is 0 Å². The van der Waals surface area contributed by atoms with E-state index in [4.69, 9.17) is 0 Å². The van der Waals surface area contributed by atoms with Gasteiger partial charge in [-0.25, -0.2) is 0 Å². The molecule has 1 unspecified atom stereocenters. The molecule has 0 saturated carbocycles. The molecule has 0 aromatic rings. The fourth-order valence-corrected chi connectivity index (χ4v) is 0.752. The molecule has 0 heterocycles. The molecule has 0 aliphatic heterocycles. The maximum atomic E-state index is 9.19. The van der Waals surface area contributed by atoms with Gasteiger partial charge in [-0.15, -0.1) is 0 Å². The Morgan fingerprint density at radius 3 is 2.73 bits per heavy atom. The highest BCUT2D eigenvalue weighted by atomic mass is 16.3. The summed E-state index contributed by atoms with van der Waals surface area (Å²) < 4.78 is 0. The second-order valence-electron chi connectivity index (χ2n) is 2.29. The van der Waals surface area contributed by atoms with Crippen molar-refractivity contribution in [2.24, 2.45) is 4.99 Å². The summed E-state index contributed by atoms with van der Waals surface area (Å²) in [5.74, 6) is 0. The first-order valence-corrected chi connectivity index (χ1v) is 3.72. The van der Waals surface area contributed by atoms with Gasteiger partial charge in [0.15, 0.2) is 0 Å². The van der Waals surface area contributed by atoms with Gasteiger partial charge in [0, 0.05) is 6.20 Å². The normalized spacial score (nSPS) is 15.4. The summed E-state index contributed by atoms with van der Waals surface area (Å²) in [6.45, 7) is 7.06. The van der Waals surface area contributed by atoms with Crippen LogP contribution in [0, 0.1) is 0 Å². The van der Waals surface area contributed by atoms with E-state index < -0.39 is 6.10 Å². The maximum absolute atomic E-state index is 9.19. The first kappa shape index (κ1) is 10.1. The molecule has 0 rings (SSSR count). The van der Waals surface area contributed by atoms with Gasteiger partial charge in [-0.3, -0.25) is 4.99 Å². The van der Waals surface area contributed by atoms with Gasteiger partial charge >= 0.3 is 0 Å². The molecule has 0 amide bonds. The lowest BCUT2D eigenvalue weighted by molar-refractivity contribution is 0.235. The molecular weight excluding hydrogens is 138 g/mol. The van der Waals surface area contributed by atoms with Crippen LogP contribution in [-0.4, -0.2) is 17.9 Å². The monoisotopic (exact) mass is 153 g/mol. The highest BCUT2D eigenvalue weighted by Gasteiger charge is 1.97. The maximum Gasteiger partial charge on any atom is 0.0759 e. The first-order chi connectivity index (χ1) is 5.22. The second kappa shape index (κ2) is 5.86. The molecule has 2 nitrogen and oxygen atoms in total. The molecule has 1 N–H and O–H groups in total. The Bertz CT molecular complexity index is 168. The summed E-state index contributed by atoms with van der Waals surface area (Å²) in [7, 11) is 0. The van der Waals surface area contributed by atoms with Crippen molar-refractivity contribution >= 4 is 6.72 Å². The minimum absolute atomic E-state index is 0.423. The Morgan fingerprint density at radius 2 is 2.36 bits per heavy atom. The zero-order valence-electron chi connectivity index (χ0n) is 7.12. The zero-order chi connectivity index (χ0) is 8.69. The van der Waals surface area contributed by atoms with Crippen molar-refractivity contribution in [1.29, 1.82) is 0 Å². The van der Waals surface area contributed by atoms with Crippen LogP contribution in [0.1, 0.15) is 20.3 Å². The molecule has 0 fully saturated rings. The lowest BCUT2D eigenvalue weighted by atomic mass is 10.1. The number of aliphatic imine (C=N–C) groups is 1. The van der Waals surface area contributed by atoms with Gasteiger partial charge in [0.05, 0.1) is 6.10 Å². The smallest absolute Gasteiger partial charge is 0.0759 e. The molecule has 0 saturated heterocycles. The second-order valence-corrected chi connectivity index (χ2v) is 2.29. The standard InChI is InChI=1S/C9H15NO/c1-4-5-9(8(2)11)6-7-10-3/h5-8,11H,3-4H2,1-2H3/b7-6-,9-5-. The molecule has 2 heteroatoms. The predicted molar refractivity (Wildman–Crippen MR) is 48.7 cm³/mol. The average Bonchev–Trinajstić information content (AvgIpc) is 1.97. The highest BCUT2D eigenvalue weighted by molar-refractivity contribution is 5.28. The SMILES string of the molecule is C=N/C=C\C(=C\CC)C(C)O. The third-order valence-electron chi connectivity index (χ3n) is 1.29. The number of nitrogens with zero attached hydrogens (tertiary/aromatic N) is 1. The van der Waals surface area contributed by atoms with Crippen LogP contribution >= 0.6 is 0 Å². The molecule has 0 radical (unpaired) electrons. The van der Waals surface area contributed by atoms with Crippen molar-refractivity contribution in [3.8, 4) is 0 Å². The highest BCUT2D eigenvalue weighted by Crippen LogP contribution is 2.04. The summed E-state index contributed by atoms with van der Waals surface area (Å²) in [5.41, 5.74) is 0.889. The summed E-state index contributed by atoms with van der Waals surface area (Å²) in [4.78, 5) is 3.56. The largest absolute Gasteiger partial charge is 0.389 e. The average molecular weight is 153 g/mol. The molecule has 0 bridgehead atoms. The van der Waals surface area contributed by atoms with Crippen molar-refractivity contribution in [1.82, 2.24) is 0 Å². The van der Waals surface area contributed by atoms with Crippen molar-refractivity contribution in [2.75, 3.05) is 0 Å². The van der Waals surface area contributed by atoms with Crippen LogP contribution in [0.25, 0.3) is 0 Å². The van der Waals surface area contributed by atoms with Gasteiger partial charge in [0.1, 0.15) is 0 Å². The topological polar surface area (TPSA) is 32.6 Å². The van der Waals surface area contributed by atoms with Gasteiger partial charge in [-0.05, 0) is 31.7 Å². The van der Waals surface area contributed by atoms with Gasteiger partial charge in [-0.1, -0.05) is 13.0 Å². The molecule has 62 valence electrons. The first-order valence-electron chi connectivity index (χ1n) is 3.72. The van der Waals surface area contributed by atoms with Gasteiger partial charge in [0.25, 0.3) is 0 Å². The molecule has 0 aliphatic rings. The van der Waals surface area contributed by atoms with Crippen LogP contribution in [0.4, 0.5) is 0 Å². The number of hydrogen-bond donors (Lipinski definition) is 1. The molecule has 0 aromatic carbocycles. The molecule has 1 atom stereocenters. The molecule has 0 spiro atoms. The molecule has 0 aromatic heterocycles. The van der Waals surface area contributed by atoms with E-state index in [1.54, 1.807) is 19.2 Å². The predicted octanol–water partition coefficient (Wildman–Crippen LogP) is 1.92. The van der Waals surface area contributed by atoms with Crippen molar-refractivity contribution in [3.63, 3.8) is 0 Å². The van der Waals surface area contributed by atoms with Crippen LogP contribution in [-0.2, 0) is 0 Å². The Morgan fingerprint density at radius 1 is 1.73 bits per heavy atom. The summed E-state index contributed by atoms with van der Waals surface area (Å²) >= 11 is 0. The third kappa shape index (κ3) is 4.51. The van der Waals surface area contributed by atoms with E-state index in [9.17, 15) is 5.11 Å². The van der Waals surface area contributed by atoms with E-state index >= 15 is 0 Å². The van der Waals surface area contributed by atoms with Crippen LogP contribution in [0.5, 0.6) is 0 Å². The number of hydrogen-bond acceptors (Lipinski definition) is 2. The summed E-state index contributed by atoms with van der Waals surface area (Å²) in [5, 5.41) is 9.19. The number of rotatable bonds is 4. The van der Waals surface area contributed by atoms with E-state index in [2.05, 4.69) is 11.7 Å². The van der Waals surface area contributed by atoms with Crippen LogP contribution in [0.3, 0.4) is 0 Å². The van der Waals surface area contributed by atoms with E-state index in [1.165, 1.54) is 0 Å². The van der Waals surface area contributed by atoms with E-state index in [-0.39, 0.29) is 0 Å². The van der Waals surface area contributed by atoms with Gasteiger partial charge < -0.3 is 5.11 Å². The quantitative estimate of drug-likeness (QED) is 0.485. The number of aliphatic hydroxyl groups is 1. The van der Waals surface area contributed by atoms with E-state index in [0.29, 0.717) is 0 Å². The Labute approximate surface area is 68.0 Å². The van der Waals surface area contributed by atoms with E-state index in [0.717, 1.165) is 12.0 Å². The minimum Gasteiger partial charge on any atom is -0.389 e. The molecular formula is C9H15NO. The molecule has 0 aliphatic carbocycles. The van der Waals surface area contributed by atoms with Gasteiger partial charge in [-0.2, -0.15) is 0 Å². The fourth-order valence-electron chi connectivity index (χ4n) is 0.752. The zero-order valence-corrected chi connectivity index (χ0v) is 7.12. The van der Waals surface area contributed by atoms with Crippen molar-refractivity contribution in [3.05, 3.63) is 23.9 Å². The lowest BCUT2D eigenvalue weighted by Gasteiger charge is -2.03. The third-order valence-corrected chi connectivity index (χ3v) is 1.29. The van der Waals surface area contributed by atoms with E-state index in [1.807, 2.05) is 13.0 Å². The van der Waals surface area contributed by atoms with Crippen molar-refractivity contribution < 1.29 is 5.11 Å². The Kier molecular flexibility index (Phi) is 5.39.